The topological polar surface area (TPSA) is 202 Å². The molecule has 5 amide bonds. The Hall–Kier alpha value is -6.61. The number of amides is 5. The Kier molecular flexibility index (Phi) is 16.0. The van der Waals surface area contributed by atoms with Crippen LogP contribution in [0.4, 0.5) is 40.1 Å². The standard InChI is InChI=1S/C51H65F3N10O8/c1-10-63(48(69)71-26-33-13-15-36(16-14-33)57-44(65)32(5)56-45(66)43(30(2)3)59-47(68)72-49(6,7)8)40-20-35(50(27-70-28-50)22-42-60-55-29-61(42)9)21-41(58-40)64-25-38-37(46(64)67)18-34(19-39(38)51(52,53)54)24-62-17-11-12-31(4)23-62/h13-16,18-21,29-32,43H,10-12,17,22-28H2,1-9H3,(H,56,66)(H,57,65)(H,59,68)/t31-,32?,43?/m0/s1. The van der Waals surface area contributed by atoms with Crippen molar-refractivity contribution in [3.8, 4) is 0 Å². The highest BCUT2D eigenvalue weighted by molar-refractivity contribution is 6.10. The molecular weight excluding hydrogens is 938 g/mol. The number of alkyl halides is 3. The van der Waals surface area contributed by atoms with E-state index in [0.717, 1.165) is 32.0 Å². The van der Waals surface area contributed by atoms with E-state index in [9.17, 15) is 37.1 Å². The maximum Gasteiger partial charge on any atom is 0.416 e. The zero-order valence-electron chi connectivity index (χ0n) is 42.3. The molecular formula is C51H65F3N10O8. The number of hydrogen-bond acceptors (Lipinski definition) is 12. The van der Waals surface area contributed by atoms with E-state index in [1.165, 1.54) is 16.7 Å². The Morgan fingerprint density at radius 1 is 0.986 bits per heavy atom. The van der Waals surface area contributed by atoms with Crippen LogP contribution >= 0.6 is 0 Å². The normalized spacial score (nSPS) is 17.7. The van der Waals surface area contributed by atoms with Gasteiger partial charge in [-0.1, -0.05) is 32.9 Å². The SMILES string of the molecule is CCN(C(=O)OCc1ccc(NC(=O)C(C)NC(=O)C(NC(=O)OC(C)(C)C)C(C)C)cc1)c1cc(C2(Cc3nncn3C)COC2)cc(N2Cc3c(cc(CN4CCC[C@H](C)C4)cc3C(F)(F)F)C2=O)n1. The summed E-state index contributed by atoms with van der Waals surface area (Å²) in [5.41, 5.74) is -0.516. The van der Waals surface area contributed by atoms with Gasteiger partial charge in [0.2, 0.25) is 11.8 Å². The van der Waals surface area contributed by atoms with Crippen molar-refractivity contribution in [1.29, 1.82) is 0 Å². The van der Waals surface area contributed by atoms with Crippen LogP contribution < -0.4 is 25.8 Å². The lowest BCUT2D eigenvalue weighted by Gasteiger charge is -2.42. The number of halogens is 3. The first-order valence-electron chi connectivity index (χ1n) is 24.3. The van der Waals surface area contributed by atoms with Gasteiger partial charge in [0.25, 0.3) is 5.91 Å². The number of hydrogen-bond donors (Lipinski definition) is 3. The number of aryl methyl sites for hydroxylation is 1. The third kappa shape index (κ3) is 12.5. The van der Waals surface area contributed by atoms with Gasteiger partial charge in [0.05, 0.1) is 25.3 Å². The Labute approximate surface area is 417 Å². The van der Waals surface area contributed by atoms with E-state index in [1.54, 1.807) is 94.9 Å². The van der Waals surface area contributed by atoms with Gasteiger partial charge in [-0.05, 0) is 124 Å². The van der Waals surface area contributed by atoms with Crippen molar-refractivity contribution in [2.75, 3.05) is 48.0 Å². The average Bonchev–Trinajstić information content (AvgIpc) is 3.85. The van der Waals surface area contributed by atoms with E-state index in [1.807, 2.05) is 7.05 Å². The predicted octanol–water partition coefficient (Wildman–Crippen LogP) is 7.29. The van der Waals surface area contributed by atoms with Gasteiger partial charge in [0.15, 0.2) is 0 Å². The number of piperidine rings is 1. The Morgan fingerprint density at radius 2 is 1.71 bits per heavy atom. The number of aromatic nitrogens is 4. The zero-order chi connectivity index (χ0) is 52.3. The van der Waals surface area contributed by atoms with Gasteiger partial charge in [-0.3, -0.25) is 29.1 Å². The number of nitrogens with zero attached hydrogens (tertiary/aromatic N) is 7. The molecule has 2 saturated heterocycles. The fraction of sp³-hybridized carbons (Fsp3) is 0.529. The Morgan fingerprint density at radius 3 is 2.31 bits per heavy atom. The van der Waals surface area contributed by atoms with Crippen LogP contribution in [0.25, 0.3) is 0 Å². The third-order valence-corrected chi connectivity index (χ3v) is 13.1. The minimum Gasteiger partial charge on any atom is -0.444 e. The number of ether oxygens (including phenoxy) is 3. The number of likely N-dealkylation sites (tertiary alicyclic amines) is 1. The maximum atomic E-state index is 14.9. The molecule has 5 heterocycles. The number of anilines is 3. The molecule has 0 aliphatic carbocycles. The van der Waals surface area contributed by atoms with E-state index < -0.39 is 64.7 Å². The van der Waals surface area contributed by atoms with Gasteiger partial charge >= 0.3 is 18.4 Å². The van der Waals surface area contributed by atoms with Crippen molar-refractivity contribution in [3.05, 3.63) is 94.1 Å². The number of rotatable bonds is 16. The molecule has 7 rings (SSSR count). The Bertz CT molecular complexity index is 2650. The number of carbonyl (C=O) groups is 5. The van der Waals surface area contributed by atoms with E-state index in [0.29, 0.717) is 40.5 Å². The summed E-state index contributed by atoms with van der Waals surface area (Å²) in [6, 6.07) is 10.7. The number of nitrogens with one attached hydrogen (secondary N) is 3. The van der Waals surface area contributed by atoms with E-state index in [-0.39, 0.29) is 68.1 Å². The average molecular weight is 1000 g/mol. The first-order chi connectivity index (χ1) is 33.9. The van der Waals surface area contributed by atoms with Crippen LogP contribution in [0, 0.1) is 11.8 Å². The molecule has 3 atom stereocenters. The molecule has 21 heteroatoms. The third-order valence-electron chi connectivity index (χ3n) is 13.1. The maximum absolute atomic E-state index is 14.9. The molecule has 4 aromatic rings. The molecule has 2 fully saturated rings. The fourth-order valence-corrected chi connectivity index (χ4v) is 9.14. The summed E-state index contributed by atoms with van der Waals surface area (Å²) in [4.78, 5) is 76.5. The second kappa shape index (κ2) is 21.6. The van der Waals surface area contributed by atoms with Gasteiger partial charge in [-0.25, -0.2) is 14.6 Å². The van der Waals surface area contributed by atoms with Gasteiger partial charge in [0, 0.05) is 49.8 Å². The first kappa shape index (κ1) is 53.2. The molecule has 0 radical (unpaired) electrons. The molecule has 0 saturated carbocycles. The zero-order valence-corrected chi connectivity index (χ0v) is 42.3. The van der Waals surface area contributed by atoms with Crippen molar-refractivity contribution >= 4 is 47.2 Å². The summed E-state index contributed by atoms with van der Waals surface area (Å²) in [7, 11) is 1.81. The number of pyridine rings is 1. The van der Waals surface area contributed by atoms with Crippen molar-refractivity contribution < 1.29 is 51.4 Å². The van der Waals surface area contributed by atoms with Crippen LogP contribution in [0.15, 0.2) is 54.9 Å². The molecule has 2 aromatic heterocycles. The smallest absolute Gasteiger partial charge is 0.416 e. The highest BCUT2D eigenvalue weighted by Gasteiger charge is 2.45. The number of benzene rings is 2. The summed E-state index contributed by atoms with van der Waals surface area (Å²) in [6.07, 6.45) is -2.33. The fourth-order valence-electron chi connectivity index (χ4n) is 9.14. The van der Waals surface area contributed by atoms with E-state index in [2.05, 4.69) is 38.0 Å². The van der Waals surface area contributed by atoms with Crippen molar-refractivity contribution in [1.82, 2.24) is 35.3 Å². The van der Waals surface area contributed by atoms with Gasteiger partial charge in [0.1, 0.15) is 48.1 Å². The second-order valence-corrected chi connectivity index (χ2v) is 20.5. The molecule has 72 heavy (non-hydrogen) atoms. The lowest BCUT2D eigenvalue weighted by Crippen LogP contribution is -2.54. The molecule has 18 nitrogen and oxygen atoms in total. The molecule has 2 unspecified atom stereocenters. The van der Waals surface area contributed by atoms with Crippen molar-refractivity contribution in [2.24, 2.45) is 18.9 Å². The van der Waals surface area contributed by atoms with Crippen LogP contribution in [0.2, 0.25) is 0 Å². The Balaban J connectivity index is 1.08. The summed E-state index contributed by atoms with van der Waals surface area (Å²) >= 11 is 0. The van der Waals surface area contributed by atoms with Crippen LogP contribution in [0.5, 0.6) is 0 Å². The largest absolute Gasteiger partial charge is 0.444 e. The second-order valence-electron chi connectivity index (χ2n) is 20.5. The van der Waals surface area contributed by atoms with Crippen LogP contribution in [0.3, 0.4) is 0 Å². The molecule has 3 N–H and O–H groups in total. The van der Waals surface area contributed by atoms with Gasteiger partial charge in [-0.15, -0.1) is 10.2 Å². The van der Waals surface area contributed by atoms with Crippen molar-refractivity contribution in [2.45, 2.75) is 124 Å². The predicted molar refractivity (Wildman–Crippen MR) is 261 cm³/mol. The molecule has 3 aliphatic heterocycles. The van der Waals surface area contributed by atoms with Crippen LogP contribution in [-0.4, -0.2) is 105 Å². The lowest BCUT2D eigenvalue weighted by molar-refractivity contribution is -0.138. The summed E-state index contributed by atoms with van der Waals surface area (Å²) < 4.78 is 63.2. The number of alkyl carbamates (subject to hydrolysis) is 1. The van der Waals surface area contributed by atoms with Crippen LogP contribution in [0.1, 0.15) is 112 Å². The van der Waals surface area contributed by atoms with E-state index >= 15 is 0 Å². The van der Waals surface area contributed by atoms with Gasteiger partial charge < -0.3 is 34.7 Å². The quantitative estimate of drug-likeness (QED) is 0.101. The summed E-state index contributed by atoms with van der Waals surface area (Å²) in [6.45, 7) is 15.8. The minimum absolute atomic E-state index is 0.0393. The monoisotopic (exact) mass is 1000 g/mol. The minimum atomic E-state index is -4.73. The molecule has 0 bridgehead atoms. The van der Waals surface area contributed by atoms with Gasteiger partial charge in [-0.2, -0.15) is 13.2 Å². The molecule has 388 valence electrons. The summed E-state index contributed by atoms with van der Waals surface area (Å²) in [5, 5.41) is 16.3. The van der Waals surface area contributed by atoms with E-state index in [4.69, 9.17) is 19.2 Å². The first-order valence-corrected chi connectivity index (χ1v) is 24.3. The molecule has 0 spiro atoms. The number of carbonyl (C=O) groups excluding carboxylic acids is 5. The molecule has 3 aliphatic rings. The number of fused-ring (bicyclic) bond motifs is 1. The van der Waals surface area contributed by atoms with Crippen molar-refractivity contribution in [3.63, 3.8) is 0 Å². The summed E-state index contributed by atoms with van der Waals surface area (Å²) in [5.74, 6) is -0.795. The van der Waals surface area contributed by atoms with Crippen LogP contribution in [-0.2, 0) is 68.6 Å². The highest BCUT2D eigenvalue weighted by Crippen LogP contribution is 2.43. The highest BCUT2D eigenvalue weighted by atomic mass is 19.4. The molecule has 2 aromatic carbocycles. The lowest BCUT2D eigenvalue weighted by atomic mass is 9.75.